The highest BCUT2D eigenvalue weighted by atomic mass is 35.5. The zero-order valence-electron chi connectivity index (χ0n) is 14.1. The number of benzene rings is 2. The lowest BCUT2D eigenvalue weighted by molar-refractivity contribution is 0.330. The average Bonchev–Trinajstić information content (AvgIpc) is 2.63. The van der Waals surface area contributed by atoms with E-state index in [2.05, 4.69) is 4.90 Å². The lowest BCUT2D eigenvalue weighted by Gasteiger charge is -2.35. The van der Waals surface area contributed by atoms with Crippen LogP contribution < -0.4 is 9.64 Å². The van der Waals surface area contributed by atoms with Crippen LogP contribution in [0.25, 0.3) is 0 Å². The van der Waals surface area contributed by atoms with Crippen LogP contribution in [0.15, 0.2) is 48.5 Å². The molecule has 2 aromatic rings. The Morgan fingerprint density at radius 3 is 2.38 bits per heavy atom. The van der Waals surface area contributed by atoms with Crippen LogP contribution in [0, 0.1) is 5.82 Å². The summed E-state index contributed by atoms with van der Waals surface area (Å²) in [7, 11) is -3.39. The topological polar surface area (TPSA) is 49.9 Å². The summed E-state index contributed by atoms with van der Waals surface area (Å²) in [6.07, 6.45) is 0. The number of piperazine rings is 1. The zero-order valence-corrected chi connectivity index (χ0v) is 15.7. The second-order valence-corrected chi connectivity index (χ2v) is 8.51. The lowest BCUT2D eigenvalue weighted by Crippen LogP contribution is -2.49. The number of nitrogens with zero attached hydrogens (tertiary/aromatic N) is 2. The molecule has 0 bridgehead atoms. The summed E-state index contributed by atoms with van der Waals surface area (Å²) in [5.74, 6) is -0.0171. The van der Waals surface area contributed by atoms with Gasteiger partial charge in [0, 0.05) is 36.9 Å². The van der Waals surface area contributed by atoms with E-state index in [1.54, 1.807) is 0 Å². The number of hydrogen-bond acceptors (Lipinski definition) is 4. The zero-order chi connectivity index (χ0) is 18.6. The van der Waals surface area contributed by atoms with Crippen LogP contribution in [-0.2, 0) is 10.0 Å². The van der Waals surface area contributed by atoms with Gasteiger partial charge >= 0.3 is 0 Å². The Morgan fingerprint density at radius 2 is 1.73 bits per heavy atom. The van der Waals surface area contributed by atoms with Crippen LogP contribution in [0.4, 0.5) is 10.1 Å². The van der Waals surface area contributed by atoms with E-state index in [-0.39, 0.29) is 18.2 Å². The Bertz CT molecular complexity index is 838. The standard InChI is InChI=1S/C18H20ClFN2O3S/c19-15-2-1-3-17(14-15)21-8-10-22(11-9-21)26(23,24)13-12-25-18-6-4-16(20)5-7-18/h1-7,14H,8-13H2. The maximum atomic E-state index is 12.8. The molecule has 0 aliphatic carbocycles. The molecule has 3 rings (SSSR count). The van der Waals surface area contributed by atoms with Crippen molar-refractivity contribution in [1.82, 2.24) is 4.31 Å². The summed E-state index contributed by atoms with van der Waals surface area (Å²) in [5, 5.41) is 0.662. The first kappa shape index (κ1) is 18.9. The molecule has 26 heavy (non-hydrogen) atoms. The Hall–Kier alpha value is -1.83. The number of anilines is 1. The van der Waals surface area contributed by atoms with E-state index in [4.69, 9.17) is 16.3 Å². The van der Waals surface area contributed by atoms with E-state index in [1.807, 2.05) is 24.3 Å². The molecule has 5 nitrogen and oxygen atoms in total. The fourth-order valence-corrected chi connectivity index (χ4v) is 4.28. The number of halogens is 2. The monoisotopic (exact) mass is 398 g/mol. The lowest BCUT2D eigenvalue weighted by atomic mass is 10.2. The van der Waals surface area contributed by atoms with Crippen molar-refractivity contribution in [2.75, 3.05) is 43.4 Å². The van der Waals surface area contributed by atoms with E-state index in [9.17, 15) is 12.8 Å². The molecule has 8 heteroatoms. The summed E-state index contributed by atoms with van der Waals surface area (Å²) in [4.78, 5) is 2.12. The minimum atomic E-state index is -3.39. The van der Waals surface area contributed by atoms with E-state index >= 15 is 0 Å². The van der Waals surface area contributed by atoms with Crippen LogP contribution in [-0.4, -0.2) is 51.3 Å². The first-order chi connectivity index (χ1) is 12.4. The number of rotatable bonds is 6. The van der Waals surface area contributed by atoms with Gasteiger partial charge in [0.25, 0.3) is 0 Å². The third-order valence-electron chi connectivity index (χ3n) is 4.23. The fourth-order valence-electron chi connectivity index (χ4n) is 2.82. The Labute approximate surface area is 158 Å². The van der Waals surface area contributed by atoms with Crippen molar-refractivity contribution in [3.63, 3.8) is 0 Å². The molecule has 0 amide bonds. The Balaban J connectivity index is 1.50. The Kier molecular flexibility index (Phi) is 6.01. The molecule has 1 saturated heterocycles. The molecule has 0 atom stereocenters. The van der Waals surface area contributed by atoms with Crippen LogP contribution in [0.1, 0.15) is 0 Å². The molecule has 0 spiro atoms. The third-order valence-corrected chi connectivity index (χ3v) is 6.30. The Morgan fingerprint density at radius 1 is 1.04 bits per heavy atom. The van der Waals surface area contributed by atoms with Gasteiger partial charge in [-0.1, -0.05) is 17.7 Å². The van der Waals surface area contributed by atoms with Crippen molar-refractivity contribution in [2.45, 2.75) is 0 Å². The molecule has 0 saturated carbocycles. The molecule has 1 heterocycles. The summed E-state index contributed by atoms with van der Waals surface area (Å²) in [5.41, 5.74) is 0.995. The predicted molar refractivity (Wildman–Crippen MR) is 101 cm³/mol. The van der Waals surface area contributed by atoms with Crippen LogP contribution in [0.5, 0.6) is 5.75 Å². The summed E-state index contributed by atoms with van der Waals surface area (Å²) >= 11 is 6.01. The van der Waals surface area contributed by atoms with Gasteiger partial charge in [-0.2, -0.15) is 4.31 Å². The third kappa shape index (κ3) is 4.87. The second-order valence-electron chi connectivity index (χ2n) is 5.98. The van der Waals surface area contributed by atoms with Crippen LogP contribution in [0.2, 0.25) is 5.02 Å². The number of sulfonamides is 1. The van der Waals surface area contributed by atoms with Gasteiger partial charge in [-0.15, -0.1) is 0 Å². The molecule has 2 aromatic carbocycles. The van der Waals surface area contributed by atoms with E-state index < -0.39 is 10.0 Å². The van der Waals surface area contributed by atoms with Crippen molar-refractivity contribution in [1.29, 1.82) is 0 Å². The van der Waals surface area contributed by atoms with Gasteiger partial charge in [-0.25, -0.2) is 12.8 Å². The highest BCUT2D eigenvalue weighted by molar-refractivity contribution is 7.89. The minimum absolute atomic E-state index is 0.0302. The van der Waals surface area contributed by atoms with E-state index in [0.717, 1.165) is 5.69 Å². The molecule has 0 unspecified atom stereocenters. The smallest absolute Gasteiger partial charge is 0.217 e. The van der Waals surface area contributed by atoms with Crippen molar-refractivity contribution in [2.24, 2.45) is 0 Å². The fraction of sp³-hybridized carbons (Fsp3) is 0.333. The van der Waals surface area contributed by atoms with Gasteiger partial charge in [0.05, 0.1) is 5.75 Å². The van der Waals surface area contributed by atoms with Crippen molar-refractivity contribution >= 4 is 27.3 Å². The van der Waals surface area contributed by atoms with Gasteiger partial charge in [0.15, 0.2) is 0 Å². The molecular formula is C18H20ClFN2O3S. The normalized spacial score (nSPS) is 15.8. The first-order valence-electron chi connectivity index (χ1n) is 8.31. The van der Waals surface area contributed by atoms with Gasteiger partial charge in [0.1, 0.15) is 18.2 Å². The van der Waals surface area contributed by atoms with Crippen LogP contribution >= 0.6 is 11.6 Å². The minimum Gasteiger partial charge on any atom is -0.492 e. The SMILES string of the molecule is O=S(=O)(CCOc1ccc(F)cc1)N1CCN(c2cccc(Cl)c2)CC1. The molecule has 0 radical (unpaired) electrons. The van der Waals surface area contributed by atoms with E-state index in [1.165, 1.54) is 28.6 Å². The molecule has 0 aromatic heterocycles. The van der Waals surface area contributed by atoms with Gasteiger partial charge in [-0.3, -0.25) is 0 Å². The maximum Gasteiger partial charge on any atom is 0.217 e. The second kappa shape index (κ2) is 8.24. The average molecular weight is 399 g/mol. The van der Waals surface area contributed by atoms with E-state index in [0.29, 0.717) is 37.0 Å². The quantitative estimate of drug-likeness (QED) is 0.750. The molecule has 1 fully saturated rings. The van der Waals surface area contributed by atoms with Crippen molar-refractivity contribution in [3.05, 3.63) is 59.4 Å². The summed E-state index contributed by atoms with van der Waals surface area (Å²) in [6.45, 7) is 2.09. The number of ether oxygens (including phenoxy) is 1. The molecule has 1 aliphatic rings. The molecular weight excluding hydrogens is 379 g/mol. The highest BCUT2D eigenvalue weighted by Gasteiger charge is 2.27. The summed E-state index contributed by atoms with van der Waals surface area (Å²) in [6, 6.07) is 13.0. The van der Waals surface area contributed by atoms with Crippen molar-refractivity contribution in [3.8, 4) is 5.75 Å². The van der Waals surface area contributed by atoms with Gasteiger partial charge in [-0.05, 0) is 42.5 Å². The molecule has 140 valence electrons. The van der Waals surface area contributed by atoms with Crippen LogP contribution in [0.3, 0.4) is 0 Å². The summed E-state index contributed by atoms with van der Waals surface area (Å²) < 4.78 is 44.7. The number of hydrogen-bond donors (Lipinski definition) is 0. The van der Waals surface area contributed by atoms with Crippen molar-refractivity contribution < 1.29 is 17.5 Å². The highest BCUT2D eigenvalue weighted by Crippen LogP contribution is 2.21. The maximum absolute atomic E-state index is 12.8. The molecule has 0 N–H and O–H groups in total. The molecule has 1 aliphatic heterocycles. The predicted octanol–water partition coefficient (Wildman–Crippen LogP) is 3.01. The first-order valence-corrected chi connectivity index (χ1v) is 10.3. The van der Waals surface area contributed by atoms with Gasteiger partial charge < -0.3 is 9.64 Å². The van der Waals surface area contributed by atoms with Gasteiger partial charge in [0.2, 0.25) is 10.0 Å². The largest absolute Gasteiger partial charge is 0.492 e.